The summed E-state index contributed by atoms with van der Waals surface area (Å²) in [6.07, 6.45) is 0. The third kappa shape index (κ3) is 3.13. The van der Waals surface area contributed by atoms with E-state index in [0.29, 0.717) is 26.3 Å². The predicted octanol–water partition coefficient (Wildman–Crippen LogP) is 3.31. The van der Waals surface area contributed by atoms with Gasteiger partial charge in [-0.05, 0) is 46.4 Å². The van der Waals surface area contributed by atoms with Crippen LogP contribution in [0.5, 0.6) is 17.2 Å². The predicted molar refractivity (Wildman–Crippen MR) is 82.5 cm³/mol. The Bertz CT molecular complexity index is 634. The average Bonchev–Trinajstić information content (AvgIpc) is 2.45. The molecule has 2 aromatic carbocycles. The third-order valence-corrected chi connectivity index (χ3v) is 3.51. The Morgan fingerprint density at radius 3 is 2.60 bits per heavy atom. The highest BCUT2D eigenvalue weighted by atomic mass is 127. The van der Waals surface area contributed by atoms with Gasteiger partial charge in [-0.25, -0.2) is 4.39 Å². The molecule has 2 rings (SSSR count). The summed E-state index contributed by atoms with van der Waals surface area (Å²) in [4.78, 5) is 0. The maximum Gasteiger partial charge on any atom is 0.169 e. The smallest absolute Gasteiger partial charge is 0.169 e. The molecule has 0 radical (unpaired) electrons. The van der Waals surface area contributed by atoms with E-state index in [4.69, 9.17) is 20.3 Å². The molecule has 0 saturated heterocycles. The van der Waals surface area contributed by atoms with Gasteiger partial charge < -0.3 is 20.3 Å². The highest BCUT2D eigenvalue weighted by Crippen LogP contribution is 2.36. The van der Waals surface area contributed by atoms with Crippen LogP contribution in [0, 0.1) is 9.39 Å². The summed E-state index contributed by atoms with van der Waals surface area (Å²) in [5.74, 6) is 0.658. The Morgan fingerprint density at radius 2 is 1.95 bits per heavy atom. The Kier molecular flexibility index (Phi) is 4.66. The number of benzene rings is 2. The second-order valence-corrected chi connectivity index (χ2v) is 5.21. The van der Waals surface area contributed by atoms with Crippen molar-refractivity contribution in [3.8, 4) is 17.2 Å². The fraction of sp³-hybridized carbons (Fsp3) is 0.143. The molecule has 6 heteroatoms. The van der Waals surface area contributed by atoms with Gasteiger partial charge in [0.1, 0.15) is 5.82 Å². The van der Waals surface area contributed by atoms with Gasteiger partial charge in [0.25, 0.3) is 0 Å². The van der Waals surface area contributed by atoms with Crippen molar-refractivity contribution in [3.05, 3.63) is 45.3 Å². The van der Waals surface area contributed by atoms with Crippen LogP contribution in [0.4, 0.5) is 10.1 Å². The molecule has 2 aromatic rings. The van der Waals surface area contributed by atoms with Gasteiger partial charge in [-0.3, -0.25) is 0 Å². The third-order valence-electron chi connectivity index (χ3n) is 2.68. The van der Waals surface area contributed by atoms with Crippen molar-refractivity contribution >= 4 is 28.3 Å². The average molecular weight is 389 g/mol. The van der Waals surface area contributed by atoms with Gasteiger partial charge >= 0.3 is 0 Å². The van der Waals surface area contributed by atoms with E-state index < -0.39 is 5.82 Å². The minimum atomic E-state index is -0.402. The molecule has 0 atom stereocenters. The Balaban J connectivity index is 2.37. The lowest BCUT2D eigenvalue weighted by Crippen LogP contribution is -1.97. The second kappa shape index (κ2) is 6.27. The van der Waals surface area contributed by atoms with Crippen molar-refractivity contribution in [2.45, 2.75) is 6.61 Å². The lowest BCUT2D eigenvalue weighted by Gasteiger charge is -2.13. The zero-order valence-electron chi connectivity index (χ0n) is 10.7. The number of hydrogen-bond acceptors (Lipinski definition) is 4. The standard InChI is InChI=1S/C14H13FINO3/c1-19-14-4-8(7-18)2-3-12(14)20-13-5-9(15)10(16)6-11(13)17/h2-6,18H,7,17H2,1H3. The molecule has 0 aliphatic heterocycles. The van der Waals surface area contributed by atoms with Gasteiger partial charge in [-0.15, -0.1) is 0 Å². The number of methoxy groups -OCH3 is 1. The molecule has 4 nitrogen and oxygen atoms in total. The highest BCUT2D eigenvalue weighted by Gasteiger charge is 2.11. The van der Waals surface area contributed by atoms with Gasteiger partial charge in [0, 0.05) is 6.07 Å². The molecule has 0 aliphatic carbocycles. The first-order valence-electron chi connectivity index (χ1n) is 5.75. The molecule has 0 spiro atoms. The number of nitrogens with two attached hydrogens (primary N) is 1. The first-order chi connectivity index (χ1) is 9.55. The Labute approximate surface area is 129 Å². The van der Waals surface area contributed by atoms with E-state index in [0.717, 1.165) is 0 Å². The van der Waals surface area contributed by atoms with Gasteiger partial charge in [0.05, 0.1) is 23.0 Å². The molecule has 106 valence electrons. The maximum absolute atomic E-state index is 13.6. The van der Waals surface area contributed by atoms with Gasteiger partial charge in [-0.2, -0.15) is 0 Å². The van der Waals surface area contributed by atoms with Crippen molar-refractivity contribution in [3.63, 3.8) is 0 Å². The quantitative estimate of drug-likeness (QED) is 0.622. The van der Waals surface area contributed by atoms with Crippen molar-refractivity contribution < 1.29 is 19.0 Å². The SMILES string of the molecule is COc1cc(CO)ccc1Oc1cc(F)c(I)cc1N. The molecule has 3 N–H and O–H groups in total. The van der Waals surface area contributed by atoms with Crippen molar-refractivity contribution in [1.82, 2.24) is 0 Å². The summed E-state index contributed by atoms with van der Waals surface area (Å²) in [6, 6.07) is 7.71. The summed E-state index contributed by atoms with van der Waals surface area (Å²) in [7, 11) is 1.49. The van der Waals surface area contributed by atoms with Crippen LogP contribution in [-0.4, -0.2) is 12.2 Å². The van der Waals surface area contributed by atoms with Crippen LogP contribution < -0.4 is 15.2 Å². The number of ether oxygens (including phenoxy) is 2. The van der Waals surface area contributed by atoms with Crippen LogP contribution in [0.3, 0.4) is 0 Å². The normalized spacial score (nSPS) is 10.4. The van der Waals surface area contributed by atoms with Crippen LogP contribution in [0.1, 0.15) is 5.56 Å². The molecular formula is C14H13FINO3. The molecule has 0 aliphatic rings. The number of anilines is 1. The molecule has 0 heterocycles. The number of aliphatic hydroxyl groups is 1. The monoisotopic (exact) mass is 389 g/mol. The summed E-state index contributed by atoms with van der Waals surface area (Å²) in [6.45, 7) is -0.100. The van der Waals surface area contributed by atoms with E-state index in [-0.39, 0.29) is 12.4 Å². The molecule has 20 heavy (non-hydrogen) atoms. The van der Waals surface area contributed by atoms with Gasteiger partial charge in [0.15, 0.2) is 17.2 Å². The van der Waals surface area contributed by atoms with E-state index in [9.17, 15) is 4.39 Å². The highest BCUT2D eigenvalue weighted by molar-refractivity contribution is 14.1. The minimum absolute atomic E-state index is 0.100. The van der Waals surface area contributed by atoms with Crippen LogP contribution >= 0.6 is 22.6 Å². The van der Waals surface area contributed by atoms with E-state index in [1.165, 1.54) is 19.2 Å². The van der Waals surface area contributed by atoms with E-state index in [2.05, 4.69) is 0 Å². The lowest BCUT2D eigenvalue weighted by molar-refractivity contribution is 0.280. The number of rotatable bonds is 4. The van der Waals surface area contributed by atoms with Crippen LogP contribution in [0.25, 0.3) is 0 Å². The van der Waals surface area contributed by atoms with Crippen LogP contribution in [0.15, 0.2) is 30.3 Å². The fourth-order valence-corrected chi connectivity index (χ4v) is 2.14. The summed E-state index contributed by atoms with van der Waals surface area (Å²) in [5.41, 5.74) is 6.84. The molecule has 0 bridgehead atoms. The minimum Gasteiger partial charge on any atom is -0.493 e. The van der Waals surface area contributed by atoms with Crippen LogP contribution in [-0.2, 0) is 6.61 Å². The summed E-state index contributed by atoms with van der Waals surface area (Å²) >= 11 is 1.86. The summed E-state index contributed by atoms with van der Waals surface area (Å²) < 4.78 is 24.8. The first-order valence-corrected chi connectivity index (χ1v) is 6.83. The summed E-state index contributed by atoms with van der Waals surface area (Å²) in [5, 5.41) is 9.08. The fourth-order valence-electron chi connectivity index (χ4n) is 1.65. The van der Waals surface area contributed by atoms with Crippen molar-refractivity contribution in [2.75, 3.05) is 12.8 Å². The lowest BCUT2D eigenvalue weighted by atomic mass is 10.2. The number of nitrogen functional groups attached to an aromatic ring is 1. The topological polar surface area (TPSA) is 64.7 Å². The van der Waals surface area contributed by atoms with Gasteiger partial charge in [0.2, 0.25) is 0 Å². The largest absolute Gasteiger partial charge is 0.493 e. The van der Waals surface area contributed by atoms with E-state index >= 15 is 0 Å². The molecule has 0 amide bonds. The number of hydrogen-bond donors (Lipinski definition) is 2. The van der Waals surface area contributed by atoms with E-state index in [1.807, 2.05) is 22.6 Å². The number of halogens is 2. The Morgan fingerprint density at radius 1 is 1.20 bits per heavy atom. The number of aliphatic hydroxyl groups excluding tert-OH is 1. The molecular weight excluding hydrogens is 376 g/mol. The van der Waals surface area contributed by atoms with E-state index in [1.54, 1.807) is 18.2 Å². The van der Waals surface area contributed by atoms with Gasteiger partial charge in [-0.1, -0.05) is 6.07 Å². The zero-order valence-corrected chi connectivity index (χ0v) is 12.8. The van der Waals surface area contributed by atoms with Crippen molar-refractivity contribution in [2.24, 2.45) is 0 Å². The first kappa shape index (κ1) is 14.9. The van der Waals surface area contributed by atoms with Crippen molar-refractivity contribution in [1.29, 1.82) is 0 Å². The van der Waals surface area contributed by atoms with Crippen LogP contribution in [0.2, 0.25) is 0 Å². The Hall–Kier alpha value is -1.54. The molecule has 0 unspecified atom stereocenters. The zero-order chi connectivity index (χ0) is 14.7. The molecule has 0 aromatic heterocycles. The molecule has 0 fully saturated rings. The second-order valence-electron chi connectivity index (χ2n) is 4.05. The molecule has 0 saturated carbocycles. The maximum atomic E-state index is 13.6.